The number of rotatable bonds is 11. The molecule has 11 nitrogen and oxygen atoms in total. The summed E-state index contributed by atoms with van der Waals surface area (Å²) in [6.45, 7) is -1.38. The predicted molar refractivity (Wildman–Crippen MR) is 193 cm³/mol. The number of alkyl halides is 6. The van der Waals surface area contributed by atoms with E-state index >= 15 is 0 Å². The SMILES string of the molecule is COc1ccc(-c2ccccc2)cc1NC(=O)COc1cc(C(F)(F)F)nn1-c1ccccc1Cl.O=C(O)COc1cc(C(F)(F)F)nn1-c1ccccc1Cl. The number of carbonyl (C=O) groups is 2. The molecular formula is C37H27Cl2F6N5O6. The summed E-state index contributed by atoms with van der Waals surface area (Å²) in [5, 5.41) is 18.5. The second kappa shape index (κ2) is 17.5. The van der Waals surface area contributed by atoms with Crippen molar-refractivity contribution < 1.29 is 55.2 Å². The second-order valence-corrected chi connectivity index (χ2v) is 12.1. The van der Waals surface area contributed by atoms with E-state index in [1.807, 2.05) is 36.4 Å². The number of anilines is 1. The number of carboxylic acids is 1. The van der Waals surface area contributed by atoms with Crippen LogP contribution < -0.4 is 19.5 Å². The molecule has 56 heavy (non-hydrogen) atoms. The van der Waals surface area contributed by atoms with Crippen molar-refractivity contribution in [3.05, 3.63) is 131 Å². The third-order valence-corrected chi connectivity index (χ3v) is 8.01. The molecule has 0 aliphatic rings. The number of hydrogen-bond donors (Lipinski definition) is 2. The van der Waals surface area contributed by atoms with E-state index in [0.29, 0.717) is 23.6 Å². The molecule has 0 unspecified atom stereocenters. The van der Waals surface area contributed by atoms with Gasteiger partial charge in [0.15, 0.2) is 24.6 Å². The van der Waals surface area contributed by atoms with Gasteiger partial charge in [-0.2, -0.15) is 45.9 Å². The highest BCUT2D eigenvalue weighted by atomic mass is 35.5. The third kappa shape index (κ3) is 10.3. The monoisotopic (exact) mass is 821 g/mol. The molecule has 2 aromatic heterocycles. The Kier molecular flexibility index (Phi) is 12.8. The van der Waals surface area contributed by atoms with E-state index in [-0.39, 0.29) is 33.2 Å². The third-order valence-electron chi connectivity index (χ3n) is 7.37. The zero-order valence-corrected chi connectivity index (χ0v) is 30.1. The highest BCUT2D eigenvalue weighted by molar-refractivity contribution is 6.32. The van der Waals surface area contributed by atoms with Gasteiger partial charge in [-0.05, 0) is 47.5 Å². The predicted octanol–water partition coefficient (Wildman–Crippen LogP) is 9.25. The highest BCUT2D eigenvalue weighted by Crippen LogP contribution is 2.35. The van der Waals surface area contributed by atoms with Crippen LogP contribution in [0.5, 0.6) is 17.5 Å². The fourth-order valence-electron chi connectivity index (χ4n) is 4.88. The Bertz CT molecular complexity index is 2320. The van der Waals surface area contributed by atoms with Crippen molar-refractivity contribution >= 4 is 40.8 Å². The minimum absolute atomic E-state index is 0.148. The van der Waals surface area contributed by atoms with Crippen LogP contribution in [0.2, 0.25) is 10.0 Å². The Labute approximate surface area is 323 Å². The molecule has 0 radical (unpaired) electrons. The molecule has 0 atom stereocenters. The van der Waals surface area contributed by atoms with E-state index in [1.165, 1.54) is 31.4 Å². The van der Waals surface area contributed by atoms with E-state index in [0.717, 1.165) is 20.5 Å². The zero-order valence-electron chi connectivity index (χ0n) is 28.6. The van der Waals surface area contributed by atoms with Crippen molar-refractivity contribution in [1.82, 2.24) is 19.6 Å². The molecule has 2 heterocycles. The Morgan fingerprint density at radius 1 is 0.679 bits per heavy atom. The Balaban J connectivity index is 0.000000244. The molecular weight excluding hydrogens is 795 g/mol. The lowest BCUT2D eigenvalue weighted by atomic mass is 10.0. The van der Waals surface area contributed by atoms with Crippen LogP contribution in [-0.4, -0.2) is 56.9 Å². The molecule has 19 heteroatoms. The van der Waals surface area contributed by atoms with Gasteiger partial charge in [-0.15, -0.1) is 0 Å². The van der Waals surface area contributed by atoms with Crippen LogP contribution in [0.1, 0.15) is 11.4 Å². The van der Waals surface area contributed by atoms with E-state index < -0.39 is 48.8 Å². The van der Waals surface area contributed by atoms with Crippen LogP contribution in [0.25, 0.3) is 22.5 Å². The van der Waals surface area contributed by atoms with Gasteiger partial charge in [-0.1, -0.05) is 83.9 Å². The zero-order chi connectivity index (χ0) is 40.6. The van der Waals surface area contributed by atoms with Crippen LogP contribution in [0.15, 0.2) is 109 Å². The molecule has 0 saturated carbocycles. The van der Waals surface area contributed by atoms with Gasteiger partial charge in [0.2, 0.25) is 11.8 Å². The number of nitrogens with zero attached hydrogens (tertiary/aromatic N) is 4. The van der Waals surface area contributed by atoms with Crippen LogP contribution in [0.4, 0.5) is 32.0 Å². The van der Waals surface area contributed by atoms with Gasteiger partial charge in [0.05, 0.1) is 34.2 Å². The molecule has 6 rings (SSSR count). The van der Waals surface area contributed by atoms with Crippen LogP contribution in [0.3, 0.4) is 0 Å². The number of halogens is 8. The molecule has 6 aromatic rings. The van der Waals surface area contributed by atoms with Gasteiger partial charge in [0, 0.05) is 12.1 Å². The number of aromatic nitrogens is 4. The van der Waals surface area contributed by atoms with Crippen molar-refractivity contribution in [2.24, 2.45) is 0 Å². The molecule has 0 spiro atoms. The summed E-state index contributed by atoms with van der Waals surface area (Å²) >= 11 is 12.0. The second-order valence-electron chi connectivity index (χ2n) is 11.3. The summed E-state index contributed by atoms with van der Waals surface area (Å²) < 4.78 is 95.3. The number of methoxy groups -OCH3 is 1. The molecule has 0 saturated heterocycles. The highest BCUT2D eigenvalue weighted by Gasteiger charge is 2.37. The number of nitrogens with one attached hydrogen (secondary N) is 1. The average Bonchev–Trinajstić information content (AvgIpc) is 3.80. The molecule has 0 aliphatic heterocycles. The largest absolute Gasteiger partial charge is 0.495 e. The Hall–Kier alpha value is -6.20. The molecule has 0 bridgehead atoms. The first-order valence-electron chi connectivity index (χ1n) is 15.9. The summed E-state index contributed by atoms with van der Waals surface area (Å²) in [7, 11) is 1.46. The minimum Gasteiger partial charge on any atom is -0.495 e. The van der Waals surface area contributed by atoms with Gasteiger partial charge >= 0.3 is 18.3 Å². The van der Waals surface area contributed by atoms with Gasteiger partial charge in [0.25, 0.3) is 5.91 Å². The maximum atomic E-state index is 13.3. The molecule has 1 amide bonds. The quantitative estimate of drug-likeness (QED) is 0.124. The number of carbonyl (C=O) groups excluding carboxylic acids is 1. The number of benzene rings is 4. The number of amides is 1. The van der Waals surface area contributed by atoms with E-state index in [1.54, 1.807) is 36.4 Å². The first kappa shape index (κ1) is 41.0. The maximum absolute atomic E-state index is 13.3. The number of para-hydroxylation sites is 2. The summed E-state index contributed by atoms with van der Waals surface area (Å²) in [5.74, 6) is -2.16. The van der Waals surface area contributed by atoms with E-state index in [2.05, 4.69) is 15.5 Å². The van der Waals surface area contributed by atoms with Crippen molar-refractivity contribution in [3.63, 3.8) is 0 Å². The van der Waals surface area contributed by atoms with Crippen molar-refractivity contribution in [3.8, 4) is 40.0 Å². The first-order chi connectivity index (χ1) is 26.5. The Morgan fingerprint density at radius 3 is 1.62 bits per heavy atom. The van der Waals surface area contributed by atoms with Gasteiger partial charge in [-0.25, -0.2) is 4.79 Å². The molecule has 292 valence electrons. The average molecular weight is 823 g/mol. The minimum atomic E-state index is -4.71. The lowest BCUT2D eigenvalue weighted by molar-refractivity contribution is -0.142. The van der Waals surface area contributed by atoms with E-state index in [9.17, 15) is 35.9 Å². The normalized spacial score (nSPS) is 11.3. The standard InChI is InChI=1S/C25H19ClF3N3O3.C12H8ClF3N2O3/c1-34-21-12-11-17(16-7-3-2-4-8-16)13-19(21)30-23(33)15-35-24-14-22(25(27,28)29)31-32(24)20-10-6-5-9-18(20)26;13-7-3-1-2-4-8(7)18-10(21-6-11(19)20)5-9(17-18)12(14,15)16/h2-14H,15H2,1H3,(H,30,33);1-5H,6H2,(H,19,20). The number of carboxylic acid groups (broad SMARTS) is 1. The number of hydrogen-bond acceptors (Lipinski definition) is 7. The van der Waals surface area contributed by atoms with Gasteiger partial charge in [0.1, 0.15) is 5.75 Å². The summed E-state index contributed by atoms with van der Waals surface area (Å²) in [5.41, 5.74) is 0.109. The lowest BCUT2D eigenvalue weighted by Crippen LogP contribution is -2.21. The van der Waals surface area contributed by atoms with Crippen LogP contribution >= 0.6 is 23.2 Å². The van der Waals surface area contributed by atoms with Crippen molar-refractivity contribution in [1.29, 1.82) is 0 Å². The maximum Gasteiger partial charge on any atom is 0.435 e. The smallest absolute Gasteiger partial charge is 0.435 e. The molecule has 2 N–H and O–H groups in total. The summed E-state index contributed by atoms with van der Waals surface area (Å²) in [6.07, 6.45) is -9.40. The molecule has 0 aliphatic carbocycles. The Morgan fingerprint density at radius 2 is 1.16 bits per heavy atom. The number of ether oxygens (including phenoxy) is 3. The van der Waals surface area contributed by atoms with Gasteiger partial charge in [-0.3, -0.25) is 4.79 Å². The van der Waals surface area contributed by atoms with Crippen LogP contribution in [0, 0.1) is 0 Å². The fraction of sp³-hybridized carbons (Fsp3) is 0.135. The first-order valence-corrected chi connectivity index (χ1v) is 16.7. The topological polar surface area (TPSA) is 130 Å². The van der Waals surface area contributed by atoms with Crippen molar-refractivity contribution in [2.45, 2.75) is 12.4 Å². The lowest BCUT2D eigenvalue weighted by Gasteiger charge is -2.13. The summed E-state index contributed by atoms with van der Waals surface area (Å²) in [4.78, 5) is 23.1. The van der Waals surface area contributed by atoms with Crippen LogP contribution in [-0.2, 0) is 21.9 Å². The fourth-order valence-corrected chi connectivity index (χ4v) is 5.31. The summed E-state index contributed by atoms with van der Waals surface area (Å²) in [6, 6.07) is 28.4. The van der Waals surface area contributed by atoms with Gasteiger partial charge < -0.3 is 24.6 Å². The van der Waals surface area contributed by atoms with Crippen molar-refractivity contribution in [2.75, 3.05) is 25.6 Å². The number of aliphatic carboxylic acids is 1. The molecule has 4 aromatic carbocycles. The van der Waals surface area contributed by atoms with E-state index in [4.69, 9.17) is 42.5 Å². The molecule has 0 fully saturated rings.